The molecule has 0 radical (unpaired) electrons. The first-order chi connectivity index (χ1) is 12.9. The molecule has 0 aliphatic heterocycles. The number of amides is 1. The molecule has 0 unspecified atom stereocenters. The monoisotopic (exact) mass is 390 g/mol. The van der Waals surface area contributed by atoms with Gasteiger partial charge in [0, 0.05) is 18.2 Å². The van der Waals surface area contributed by atoms with Crippen LogP contribution in [0, 0.1) is 0 Å². The number of methoxy groups -OCH3 is 2. The van der Waals surface area contributed by atoms with Crippen LogP contribution < -0.4 is 19.5 Å². The van der Waals surface area contributed by atoms with Gasteiger partial charge < -0.3 is 14.8 Å². The van der Waals surface area contributed by atoms with Crippen LogP contribution in [0.2, 0.25) is 0 Å². The van der Waals surface area contributed by atoms with E-state index in [1.807, 2.05) is 0 Å². The summed E-state index contributed by atoms with van der Waals surface area (Å²) in [6.45, 7) is 0.281. The molecular weight excluding hydrogens is 368 g/mol. The Morgan fingerprint density at radius 1 is 1.07 bits per heavy atom. The van der Waals surface area contributed by atoms with Crippen molar-refractivity contribution in [2.75, 3.05) is 21.3 Å². The second-order valence-electron chi connectivity index (χ2n) is 5.51. The maximum absolute atomic E-state index is 12.0. The van der Waals surface area contributed by atoms with Gasteiger partial charge in [-0.25, -0.2) is 13.1 Å². The van der Waals surface area contributed by atoms with Crippen molar-refractivity contribution < 1.29 is 22.7 Å². The lowest BCUT2D eigenvalue weighted by molar-refractivity contribution is -0.116. The van der Waals surface area contributed by atoms with Crippen LogP contribution in [0.4, 0.5) is 0 Å². The van der Waals surface area contributed by atoms with Crippen LogP contribution in [0.5, 0.6) is 11.5 Å². The minimum absolute atomic E-state index is 0.164. The maximum atomic E-state index is 12.0. The molecule has 0 saturated heterocycles. The SMILES string of the molecule is CNS(=O)(=O)c1ccc(/C=C/C(=O)NCc2cc(OC)ccc2OC)cc1. The van der Waals surface area contributed by atoms with E-state index in [0.717, 1.165) is 5.56 Å². The molecule has 0 bridgehead atoms. The van der Waals surface area contributed by atoms with Crippen LogP contribution in [0.25, 0.3) is 6.08 Å². The van der Waals surface area contributed by atoms with Gasteiger partial charge in [0.05, 0.1) is 19.1 Å². The van der Waals surface area contributed by atoms with Crippen molar-refractivity contribution in [2.24, 2.45) is 0 Å². The van der Waals surface area contributed by atoms with Crippen LogP contribution in [-0.2, 0) is 21.4 Å². The highest BCUT2D eigenvalue weighted by Crippen LogP contribution is 2.23. The summed E-state index contributed by atoms with van der Waals surface area (Å²) in [7, 11) is 1.01. The third kappa shape index (κ3) is 5.57. The summed E-state index contributed by atoms with van der Waals surface area (Å²) in [5, 5.41) is 2.77. The number of hydrogen-bond donors (Lipinski definition) is 2. The summed E-state index contributed by atoms with van der Waals surface area (Å²) in [6.07, 6.45) is 2.99. The molecule has 27 heavy (non-hydrogen) atoms. The highest BCUT2D eigenvalue weighted by molar-refractivity contribution is 7.89. The van der Waals surface area contributed by atoms with Crippen molar-refractivity contribution in [1.29, 1.82) is 0 Å². The molecular formula is C19H22N2O5S. The molecule has 0 aliphatic carbocycles. The number of carbonyl (C=O) groups is 1. The molecule has 0 spiro atoms. The average Bonchev–Trinajstić information content (AvgIpc) is 2.70. The molecule has 1 amide bonds. The van der Waals surface area contributed by atoms with Crippen molar-refractivity contribution in [3.05, 3.63) is 59.7 Å². The highest BCUT2D eigenvalue weighted by Gasteiger charge is 2.10. The van der Waals surface area contributed by atoms with E-state index in [-0.39, 0.29) is 17.3 Å². The Kier molecular flexibility index (Phi) is 6.98. The van der Waals surface area contributed by atoms with Gasteiger partial charge in [0.15, 0.2) is 0 Å². The van der Waals surface area contributed by atoms with E-state index >= 15 is 0 Å². The molecule has 0 fully saturated rings. The minimum Gasteiger partial charge on any atom is -0.497 e. The van der Waals surface area contributed by atoms with Crippen molar-refractivity contribution in [3.63, 3.8) is 0 Å². The highest BCUT2D eigenvalue weighted by atomic mass is 32.2. The molecule has 0 aromatic heterocycles. The first-order valence-electron chi connectivity index (χ1n) is 8.10. The standard InChI is InChI=1S/C19H22N2O5S/c1-20-27(23,24)17-8-4-14(5-9-17)6-11-19(22)21-13-15-12-16(25-2)7-10-18(15)26-3/h4-12,20H,13H2,1-3H3,(H,21,22)/b11-6+. The number of sulfonamides is 1. The molecule has 0 heterocycles. The second-order valence-corrected chi connectivity index (χ2v) is 7.39. The fourth-order valence-corrected chi connectivity index (χ4v) is 3.04. The molecule has 144 valence electrons. The van der Waals surface area contributed by atoms with Crippen LogP contribution in [0.3, 0.4) is 0 Å². The third-order valence-corrected chi connectivity index (χ3v) is 5.26. The number of hydrogen-bond acceptors (Lipinski definition) is 5. The molecule has 2 N–H and O–H groups in total. The van der Waals surface area contributed by atoms with Gasteiger partial charge in [-0.15, -0.1) is 0 Å². The van der Waals surface area contributed by atoms with Crippen molar-refractivity contribution >= 4 is 22.0 Å². The molecule has 7 nitrogen and oxygen atoms in total. The molecule has 2 rings (SSSR count). The Bertz CT molecular complexity index is 922. The molecule has 0 saturated carbocycles. The number of nitrogens with one attached hydrogen (secondary N) is 2. The van der Waals surface area contributed by atoms with E-state index in [1.165, 1.54) is 25.3 Å². The largest absolute Gasteiger partial charge is 0.497 e. The van der Waals surface area contributed by atoms with E-state index in [9.17, 15) is 13.2 Å². The van der Waals surface area contributed by atoms with Gasteiger partial charge in [-0.2, -0.15) is 0 Å². The van der Waals surface area contributed by atoms with Gasteiger partial charge in [0.1, 0.15) is 11.5 Å². The quantitative estimate of drug-likeness (QED) is 0.672. The van der Waals surface area contributed by atoms with Crippen LogP contribution in [0.1, 0.15) is 11.1 Å². The van der Waals surface area contributed by atoms with Gasteiger partial charge in [0.25, 0.3) is 0 Å². The summed E-state index contributed by atoms with van der Waals surface area (Å²) in [4.78, 5) is 12.2. The molecule has 2 aromatic rings. The first kappa shape index (κ1) is 20.5. The fraction of sp³-hybridized carbons (Fsp3) is 0.211. The smallest absolute Gasteiger partial charge is 0.244 e. The summed E-state index contributed by atoms with van der Waals surface area (Å²) in [6, 6.07) is 11.6. The Morgan fingerprint density at radius 2 is 1.78 bits per heavy atom. The summed E-state index contributed by atoms with van der Waals surface area (Å²) >= 11 is 0. The van der Waals surface area contributed by atoms with Crippen LogP contribution >= 0.6 is 0 Å². The van der Waals surface area contributed by atoms with Crippen molar-refractivity contribution in [1.82, 2.24) is 10.0 Å². The summed E-state index contributed by atoms with van der Waals surface area (Å²) < 4.78 is 36.1. The number of benzene rings is 2. The Labute approximate surface area is 159 Å². The lowest BCUT2D eigenvalue weighted by Gasteiger charge is -2.10. The lowest BCUT2D eigenvalue weighted by Crippen LogP contribution is -2.20. The van der Waals surface area contributed by atoms with Gasteiger partial charge in [0.2, 0.25) is 15.9 Å². The lowest BCUT2D eigenvalue weighted by atomic mass is 10.2. The van der Waals surface area contributed by atoms with Gasteiger partial charge >= 0.3 is 0 Å². The zero-order valence-corrected chi connectivity index (χ0v) is 16.2. The second kappa shape index (κ2) is 9.20. The number of carbonyl (C=O) groups excluding carboxylic acids is 1. The predicted molar refractivity (Wildman–Crippen MR) is 103 cm³/mol. The minimum atomic E-state index is -3.47. The van der Waals surface area contributed by atoms with E-state index in [4.69, 9.17) is 9.47 Å². The summed E-state index contributed by atoms with van der Waals surface area (Å²) in [5.41, 5.74) is 1.50. The number of rotatable bonds is 8. The first-order valence-corrected chi connectivity index (χ1v) is 9.58. The van der Waals surface area contributed by atoms with Crippen molar-refractivity contribution in [3.8, 4) is 11.5 Å². The van der Waals surface area contributed by atoms with Crippen LogP contribution in [0.15, 0.2) is 53.4 Å². The summed E-state index contributed by atoms with van der Waals surface area (Å²) in [5.74, 6) is 1.04. The van der Waals surface area contributed by atoms with E-state index < -0.39 is 10.0 Å². The Hall–Kier alpha value is -2.84. The number of ether oxygens (including phenoxy) is 2. The van der Waals surface area contributed by atoms with Gasteiger partial charge in [-0.05, 0) is 49.0 Å². The fourth-order valence-electron chi connectivity index (χ4n) is 2.31. The zero-order chi connectivity index (χ0) is 19.9. The normalized spacial score (nSPS) is 11.4. The van der Waals surface area contributed by atoms with Crippen molar-refractivity contribution in [2.45, 2.75) is 11.4 Å². The third-order valence-electron chi connectivity index (χ3n) is 3.83. The molecule has 8 heteroatoms. The Balaban J connectivity index is 2.00. The van der Waals surface area contributed by atoms with E-state index in [0.29, 0.717) is 17.1 Å². The topological polar surface area (TPSA) is 93.7 Å². The zero-order valence-electron chi connectivity index (χ0n) is 15.4. The molecule has 0 atom stereocenters. The Morgan fingerprint density at radius 3 is 2.37 bits per heavy atom. The maximum Gasteiger partial charge on any atom is 0.244 e. The van der Waals surface area contributed by atoms with Gasteiger partial charge in [-0.3, -0.25) is 4.79 Å². The van der Waals surface area contributed by atoms with Gasteiger partial charge in [-0.1, -0.05) is 12.1 Å². The average molecular weight is 390 g/mol. The molecule has 0 aliphatic rings. The van der Waals surface area contributed by atoms with E-state index in [2.05, 4.69) is 10.0 Å². The van der Waals surface area contributed by atoms with E-state index in [1.54, 1.807) is 50.6 Å². The predicted octanol–water partition coefficient (Wildman–Crippen LogP) is 1.94. The van der Waals surface area contributed by atoms with Crippen LogP contribution in [-0.4, -0.2) is 35.6 Å². The molecule has 2 aromatic carbocycles.